The summed E-state index contributed by atoms with van der Waals surface area (Å²) < 4.78 is 68.2. The van der Waals surface area contributed by atoms with Crippen molar-refractivity contribution in [3.05, 3.63) is 85.1 Å². The van der Waals surface area contributed by atoms with Gasteiger partial charge in [-0.2, -0.15) is 0 Å². The summed E-state index contributed by atoms with van der Waals surface area (Å²) in [7, 11) is -9.96. The van der Waals surface area contributed by atoms with E-state index in [2.05, 4.69) is 88.5 Å². The summed E-state index contributed by atoms with van der Waals surface area (Å²) in [6.07, 6.45) is 67.6. The molecule has 0 aliphatic carbocycles. The fourth-order valence-electron chi connectivity index (χ4n) is 9.74. The molecular weight excluding hydrogens is 1230 g/mol. The molecule has 17 nitrogen and oxygen atoms in total. The zero-order chi connectivity index (χ0) is 69.0. The van der Waals surface area contributed by atoms with Gasteiger partial charge in [0, 0.05) is 19.3 Å². The first-order valence-electron chi connectivity index (χ1n) is 36.8. The monoisotopic (exact) mass is 1370 g/mol. The van der Waals surface area contributed by atoms with Gasteiger partial charge in [-0.1, -0.05) is 273 Å². The quantitative estimate of drug-likeness (QED) is 0.0169. The van der Waals surface area contributed by atoms with Gasteiger partial charge in [0.25, 0.3) is 0 Å². The lowest BCUT2D eigenvalue weighted by Gasteiger charge is -2.21. The van der Waals surface area contributed by atoms with Crippen molar-refractivity contribution in [2.45, 2.75) is 329 Å². The van der Waals surface area contributed by atoms with Gasteiger partial charge in [-0.3, -0.25) is 37.3 Å². The van der Waals surface area contributed by atoms with Crippen LogP contribution in [-0.4, -0.2) is 96.7 Å². The fraction of sp³-hybridized carbons (Fsp3) is 0.760. The van der Waals surface area contributed by atoms with Crippen molar-refractivity contribution in [1.82, 2.24) is 0 Å². The SMILES string of the molecule is CC/C=C\C/C=C\C/C=C\C/C=C\C/C=C\CC(=O)OCC(COP(=O)(O)OCC(O)COP(=O)(O)OCC(COC(=O)CCCCCCCCCCCCCCC)OC(=O)CCCCCCC/C=C\CCCC)OC(=O)CCCCCCC/C=C\CCCCCCCC. The number of ether oxygens (including phenoxy) is 4. The average Bonchev–Trinajstić information content (AvgIpc) is 1.36. The Morgan fingerprint density at radius 1 is 0.319 bits per heavy atom. The van der Waals surface area contributed by atoms with Crippen LogP contribution in [0.5, 0.6) is 0 Å². The second kappa shape index (κ2) is 67.8. The highest BCUT2D eigenvalue weighted by Crippen LogP contribution is 2.45. The normalized spacial score (nSPS) is 14.5. The number of rotatable bonds is 69. The van der Waals surface area contributed by atoms with E-state index in [1.54, 1.807) is 6.08 Å². The van der Waals surface area contributed by atoms with Crippen LogP contribution in [0.25, 0.3) is 0 Å². The number of aliphatic hydroxyl groups excluding tert-OH is 1. The third-order valence-electron chi connectivity index (χ3n) is 15.4. The van der Waals surface area contributed by atoms with Gasteiger partial charge in [-0.05, 0) is 96.3 Å². The molecule has 0 heterocycles. The Hall–Kier alpha value is -3.76. The van der Waals surface area contributed by atoms with Gasteiger partial charge < -0.3 is 33.8 Å². The molecule has 0 saturated heterocycles. The van der Waals surface area contributed by atoms with Gasteiger partial charge >= 0.3 is 39.5 Å². The molecule has 0 amide bonds. The number of aliphatic hydroxyl groups is 1. The van der Waals surface area contributed by atoms with Crippen molar-refractivity contribution in [3.63, 3.8) is 0 Å². The average molecular weight is 1370 g/mol. The lowest BCUT2D eigenvalue weighted by Crippen LogP contribution is -2.30. The molecule has 5 unspecified atom stereocenters. The summed E-state index contributed by atoms with van der Waals surface area (Å²) in [4.78, 5) is 72.6. The summed E-state index contributed by atoms with van der Waals surface area (Å²) >= 11 is 0. The van der Waals surface area contributed by atoms with Crippen LogP contribution in [0.1, 0.15) is 310 Å². The molecule has 0 spiro atoms. The van der Waals surface area contributed by atoms with E-state index in [1.165, 1.54) is 109 Å². The number of hydrogen-bond acceptors (Lipinski definition) is 15. The van der Waals surface area contributed by atoms with Crippen LogP contribution >= 0.6 is 15.6 Å². The van der Waals surface area contributed by atoms with Gasteiger partial charge in [0.15, 0.2) is 12.2 Å². The molecule has 3 N–H and O–H groups in total. The maximum absolute atomic E-state index is 13.0. The van der Waals surface area contributed by atoms with E-state index in [1.807, 2.05) is 18.2 Å². The molecule has 0 fully saturated rings. The van der Waals surface area contributed by atoms with Crippen molar-refractivity contribution < 1.29 is 80.2 Å². The molecule has 0 aliphatic heterocycles. The summed E-state index contributed by atoms with van der Waals surface area (Å²) in [6.45, 7) is 4.60. The minimum absolute atomic E-state index is 0.0669. The molecule has 94 heavy (non-hydrogen) atoms. The van der Waals surface area contributed by atoms with Gasteiger partial charge in [0.1, 0.15) is 19.3 Å². The highest BCUT2D eigenvalue weighted by atomic mass is 31.2. The van der Waals surface area contributed by atoms with Gasteiger partial charge in [0.05, 0.1) is 32.8 Å². The van der Waals surface area contributed by atoms with Crippen molar-refractivity contribution in [2.75, 3.05) is 39.6 Å². The van der Waals surface area contributed by atoms with Crippen LogP contribution in [0, 0.1) is 0 Å². The number of allylic oxidation sites excluding steroid dienone is 13. The molecule has 0 aromatic carbocycles. The lowest BCUT2D eigenvalue weighted by molar-refractivity contribution is -0.161. The maximum Gasteiger partial charge on any atom is 0.472 e. The Bertz CT molecular complexity index is 2120. The Balaban J connectivity index is 5.39. The summed E-state index contributed by atoms with van der Waals surface area (Å²) in [5.41, 5.74) is 0. The predicted molar refractivity (Wildman–Crippen MR) is 381 cm³/mol. The van der Waals surface area contributed by atoms with Crippen LogP contribution in [-0.2, 0) is 65.4 Å². The van der Waals surface area contributed by atoms with Crippen LogP contribution in [0.2, 0.25) is 0 Å². The van der Waals surface area contributed by atoms with Gasteiger partial charge in [0.2, 0.25) is 0 Å². The smallest absolute Gasteiger partial charge is 0.462 e. The first-order chi connectivity index (χ1) is 45.7. The molecule has 0 aliphatic rings. The van der Waals surface area contributed by atoms with Crippen LogP contribution in [0.3, 0.4) is 0 Å². The number of unbranched alkanes of at least 4 members (excludes halogenated alkanes) is 30. The Kier molecular flexibility index (Phi) is 65.1. The second-order valence-corrected chi connectivity index (χ2v) is 27.4. The van der Waals surface area contributed by atoms with E-state index in [0.717, 1.165) is 122 Å². The summed E-state index contributed by atoms with van der Waals surface area (Å²) in [5, 5.41) is 10.6. The number of phosphoric ester groups is 2. The van der Waals surface area contributed by atoms with Crippen molar-refractivity contribution >= 4 is 39.5 Å². The molecule has 0 rings (SSSR count). The van der Waals surface area contributed by atoms with E-state index in [0.29, 0.717) is 25.7 Å². The summed E-state index contributed by atoms with van der Waals surface area (Å²) in [5.74, 6) is -2.33. The minimum atomic E-state index is -4.99. The zero-order valence-electron chi connectivity index (χ0n) is 59.1. The Morgan fingerprint density at radius 3 is 0.968 bits per heavy atom. The molecule has 5 atom stereocenters. The highest BCUT2D eigenvalue weighted by molar-refractivity contribution is 7.47. The van der Waals surface area contributed by atoms with E-state index >= 15 is 0 Å². The van der Waals surface area contributed by atoms with E-state index in [9.17, 15) is 43.2 Å². The van der Waals surface area contributed by atoms with Gasteiger partial charge in [-0.25, -0.2) is 9.13 Å². The van der Waals surface area contributed by atoms with Crippen LogP contribution in [0.4, 0.5) is 0 Å². The van der Waals surface area contributed by atoms with Crippen LogP contribution in [0.15, 0.2) is 85.1 Å². The molecular formula is C75H132O17P2. The molecule has 544 valence electrons. The first kappa shape index (κ1) is 90.2. The Morgan fingerprint density at radius 2 is 0.606 bits per heavy atom. The van der Waals surface area contributed by atoms with E-state index < -0.39 is 97.5 Å². The highest BCUT2D eigenvalue weighted by Gasteiger charge is 2.30. The number of carbonyl (C=O) groups is 4. The van der Waals surface area contributed by atoms with E-state index in [4.69, 9.17) is 37.0 Å². The van der Waals surface area contributed by atoms with Crippen molar-refractivity contribution in [3.8, 4) is 0 Å². The number of hydrogen-bond donors (Lipinski definition) is 3. The third kappa shape index (κ3) is 66.8. The molecule has 0 radical (unpaired) electrons. The number of esters is 4. The number of carbonyl (C=O) groups excluding carboxylic acids is 4. The minimum Gasteiger partial charge on any atom is -0.462 e. The second-order valence-electron chi connectivity index (χ2n) is 24.5. The van der Waals surface area contributed by atoms with Gasteiger partial charge in [-0.15, -0.1) is 0 Å². The molecule has 0 saturated carbocycles. The van der Waals surface area contributed by atoms with Crippen molar-refractivity contribution in [1.29, 1.82) is 0 Å². The fourth-order valence-corrected chi connectivity index (χ4v) is 11.3. The summed E-state index contributed by atoms with van der Waals surface area (Å²) in [6, 6.07) is 0. The topological polar surface area (TPSA) is 237 Å². The lowest BCUT2D eigenvalue weighted by atomic mass is 10.0. The Labute approximate surface area is 570 Å². The molecule has 0 aromatic heterocycles. The first-order valence-corrected chi connectivity index (χ1v) is 39.8. The molecule has 0 aromatic rings. The molecule has 0 bridgehead atoms. The zero-order valence-corrected chi connectivity index (χ0v) is 60.9. The standard InChI is InChI=1S/C75H132O17P2/c1-5-9-13-17-21-25-29-32-34-37-41-44-48-52-56-60-73(78)86-66-71(92-75(80)62-58-54-50-46-42-38-35-33-30-26-22-18-14-10-6-2)68-90-94(83,84)88-64-69(76)63-87-93(81,82)89-67-70(91-74(79)61-57-53-49-45-39-28-24-20-16-12-8-4)65-85-72(77)59-55-51-47-43-40-36-31-27-23-19-15-11-7-3/h9,13,20-21,24-25,32-35,41,44,52,56,69-71,76H,5-8,10-12,14-19,22-23,26-31,36-40,42-43,45-51,53-55,57-68H2,1-4H3,(H,81,82)(H,83,84)/b13-9-,24-20-,25-21-,34-32-,35-33-,44-41-,56-52-. The third-order valence-corrected chi connectivity index (χ3v) is 17.3. The molecule has 19 heteroatoms. The maximum atomic E-state index is 13.0. The van der Waals surface area contributed by atoms with Crippen molar-refractivity contribution in [2.24, 2.45) is 0 Å². The van der Waals surface area contributed by atoms with E-state index in [-0.39, 0.29) is 25.7 Å². The predicted octanol–water partition coefficient (Wildman–Crippen LogP) is 20.7. The number of phosphoric acid groups is 2. The largest absolute Gasteiger partial charge is 0.472 e. The van der Waals surface area contributed by atoms with Crippen LogP contribution < -0.4 is 0 Å².